The van der Waals surface area contributed by atoms with Gasteiger partial charge in [-0.1, -0.05) is 105 Å². The minimum Gasteiger partial charge on any atom is -0.390 e. The molecule has 33 heavy (non-hydrogen) atoms. The number of aliphatic hydroxyl groups is 1. The van der Waals surface area contributed by atoms with Crippen LogP contribution in [-0.2, 0) is 34.0 Å². The van der Waals surface area contributed by atoms with Crippen LogP contribution in [-0.4, -0.2) is 29.5 Å². The van der Waals surface area contributed by atoms with Gasteiger partial charge in [0.2, 0.25) is 0 Å². The third kappa shape index (κ3) is 6.30. The van der Waals surface area contributed by atoms with E-state index >= 15 is 0 Å². The highest BCUT2D eigenvalue weighted by molar-refractivity contribution is 5.16. The lowest BCUT2D eigenvalue weighted by Crippen LogP contribution is -2.59. The van der Waals surface area contributed by atoms with Crippen LogP contribution in [0.1, 0.15) is 37.0 Å². The fraction of sp³-hybridized carbons (Fsp3) is 0.379. The second kappa shape index (κ2) is 11.1. The molecule has 0 aliphatic heterocycles. The predicted octanol–water partition coefficient (Wildman–Crippen LogP) is 5.53. The van der Waals surface area contributed by atoms with Crippen molar-refractivity contribution in [3.8, 4) is 0 Å². The second-order valence-corrected chi connectivity index (χ2v) is 9.50. The molecule has 3 aromatic rings. The highest BCUT2D eigenvalue weighted by atomic mass is 16.6. The van der Waals surface area contributed by atoms with Crippen molar-refractivity contribution in [3.63, 3.8) is 0 Å². The molecule has 0 heterocycles. The maximum absolute atomic E-state index is 11.1. The molecule has 4 rings (SSSR count). The van der Waals surface area contributed by atoms with Gasteiger partial charge in [-0.25, -0.2) is 0 Å². The molecule has 0 bridgehead atoms. The summed E-state index contributed by atoms with van der Waals surface area (Å²) in [6.45, 7) is 5.61. The molecule has 1 aliphatic carbocycles. The molecule has 0 unspecified atom stereocenters. The van der Waals surface area contributed by atoms with Crippen molar-refractivity contribution in [1.29, 1.82) is 0 Å². The van der Waals surface area contributed by atoms with Crippen LogP contribution in [0.5, 0.6) is 0 Å². The summed E-state index contributed by atoms with van der Waals surface area (Å²) in [7, 11) is 0. The zero-order valence-electron chi connectivity index (χ0n) is 19.5. The van der Waals surface area contributed by atoms with E-state index in [-0.39, 0.29) is 11.5 Å². The molecule has 0 radical (unpaired) electrons. The predicted molar refractivity (Wildman–Crippen MR) is 129 cm³/mol. The van der Waals surface area contributed by atoms with Gasteiger partial charge in [0.25, 0.3) is 0 Å². The van der Waals surface area contributed by atoms with E-state index in [2.05, 4.69) is 26.0 Å². The number of hydrogen-bond acceptors (Lipinski definition) is 4. The van der Waals surface area contributed by atoms with Gasteiger partial charge in [0.1, 0.15) is 12.2 Å². The average molecular weight is 447 g/mol. The van der Waals surface area contributed by atoms with Crippen LogP contribution in [0.4, 0.5) is 0 Å². The van der Waals surface area contributed by atoms with Crippen molar-refractivity contribution in [2.75, 3.05) is 0 Å². The molecule has 0 amide bonds. The normalized spacial score (nSPS) is 24.5. The summed E-state index contributed by atoms with van der Waals surface area (Å²) < 4.78 is 19.3. The van der Waals surface area contributed by atoms with Crippen molar-refractivity contribution < 1.29 is 19.3 Å². The highest BCUT2D eigenvalue weighted by Gasteiger charge is 2.50. The first kappa shape index (κ1) is 23.7. The first-order chi connectivity index (χ1) is 16.0. The number of aliphatic hydroxyl groups excluding tert-OH is 1. The smallest absolute Gasteiger partial charge is 0.113 e. The molecule has 0 saturated heterocycles. The molecule has 1 fully saturated rings. The molecule has 4 atom stereocenters. The minimum atomic E-state index is -0.638. The summed E-state index contributed by atoms with van der Waals surface area (Å²) in [6, 6.07) is 30.3. The quantitative estimate of drug-likeness (QED) is 0.469. The molecule has 4 nitrogen and oxygen atoms in total. The van der Waals surface area contributed by atoms with Crippen LogP contribution >= 0.6 is 0 Å². The number of benzene rings is 3. The standard InChI is InChI=1S/C29H34O4/c1-29(2)18-25(30)26(31-19-22-12-6-3-7-13-22)27(32-20-23-14-8-4-9-15-23)28(29)33-21-24-16-10-5-11-17-24/h3-17,25-28,30H,18-21H2,1-2H3/t25-,26-,27-,28+/m0/s1. The topological polar surface area (TPSA) is 47.9 Å². The van der Waals surface area contributed by atoms with Crippen LogP contribution in [0.2, 0.25) is 0 Å². The van der Waals surface area contributed by atoms with Crippen LogP contribution < -0.4 is 0 Å². The second-order valence-electron chi connectivity index (χ2n) is 9.50. The maximum Gasteiger partial charge on any atom is 0.113 e. The van der Waals surface area contributed by atoms with Gasteiger partial charge in [-0.15, -0.1) is 0 Å². The summed E-state index contributed by atoms with van der Waals surface area (Å²) in [5.74, 6) is 0. The van der Waals surface area contributed by atoms with E-state index in [1.165, 1.54) is 0 Å². The van der Waals surface area contributed by atoms with Crippen molar-refractivity contribution >= 4 is 0 Å². The van der Waals surface area contributed by atoms with Crippen molar-refractivity contribution in [2.24, 2.45) is 5.41 Å². The molecular formula is C29H34O4. The number of ether oxygens (including phenoxy) is 3. The summed E-state index contributed by atoms with van der Waals surface area (Å²) in [5.41, 5.74) is 2.99. The van der Waals surface area contributed by atoms with Gasteiger partial charge in [-0.05, 0) is 28.5 Å². The monoisotopic (exact) mass is 446 g/mol. The molecule has 1 aliphatic rings. The van der Waals surface area contributed by atoms with Crippen molar-refractivity contribution in [2.45, 2.75) is 64.5 Å². The third-order valence-electron chi connectivity index (χ3n) is 6.35. The van der Waals surface area contributed by atoms with Gasteiger partial charge in [0.15, 0.2) is 0 Å². The van der Waals surface area contributed by atoms with Gasteiger partial charge in [0, 0.05) is 0 Å². The summed E-state index contributed by atoms with van der Waals surface area (Å²) in [6.07, 6.45) is -1.18. The SMILES string of the molecule is CC1(C)C[C@H](O)[C@H](OCc2ccccc2)[C@H](OCc2ccccc2)[C@H]1OCc1ccccc1. The lowest BCUT2D eigenvalue weighted by molar-refractivity contribution is -0.236. The van der Waals surface area contributed by atoms with E-state index in [9.17, 15) is 5.11 Å². The number of hydrogen-bond donors (Lipinski definition) is 1. The Bertz CT molecular complexity index is 959. The van der Waals surface area contributed by atoms with Crippen LogP contribution in [0.25, 0.3) is 0 Å². The summed E-state index contributed by atoms with van der Waals surface area (Å²) in [4.78, 5) is 0. The molecule has 0 aromatic heterocycles. The Labute approximate surface area is 197 Å². The van der Waals surface area contributed by atoms with Crippen LogP contribution in [0, 0.1) is 5.41 Å². The molecule has 4 heteroatoms. The molecular weight excluding hydrogens is 412 g/mol. The van der Waals surface area contributed by atoms with Crippen LogP contribution in [0.3, 0.4) is 0 Å². The Balaban J connectivity index is 1.55. The third-order valence-corrected chi connectivity index (χ3v) is 6.35. The molecule has 174 valence electrons. The van der Waals surface area contributed by atoms with E-state index in [0.29, 0.717) is 26.2 Å². The Morgan fingerprint density at radius 3 is 1.48 bits per heavy atom. The van der Waals surface area contributed by atoms with Gasteiger partial charge in [-0.3, -0.25) is 0 Å². The van der Waals surface area contributed by atoms with Gasteiger partial charge >= 0.3 is 0 Å². The van der Waals surface area contributed by atoms with E-state index in [1.807, 2.05) is 78.9 Å². The van der Waals surface area contributed by atoms with Gasteiger partial charge in [-0.2, -0.15) is 0 Å². The molecule has 1 saturated carbocycles. The molecule has 3 aromatic carbocycles. The Morgan fingerprint density at radius 2 is 1.03 bits per heavy atom. The van der Waals surface area contributed by atoms with E-state index in [4.69, 9.17) is 14.2 Å². The number of rotatable bonds is 9. The zero-order chi connectivity index (χ0) is 23.1. The zero-order valence-corrected chi connectivity index (χ0v) is 19.5. The highest BCUT2D eigenvalue weighted by Crippen LogP contribution is 2.41. The Morgan fingerprint density at radius 1 is 0.636 bits per heavy atom. The lowest BCUT2D eigenvalue weighted by Gasteiger charge is -2.49. The van der Waals surface area contributed by atoms with Gasteiger partial charge < -0.3 is 19.3 Å². The molecule has 1 N–H and O–H groups in total. The van der Waals surface area contributed by atoms with Gasteiger partial charge in [0.05, 0.1) is 32.0 Å². The van der Waals surface area contributed by atoms with E-state index in [1.54, 1.807) is 0 Å². The Kier molecular flexibility index (Phi) is 7.94. The first-order valence-corrected chi connectivity index (χ1v) is 11.7. The fourth-order valence-electron chi connectivity index (χ4n) is 4.61. The van der Waals surface area contributed by atoms with E-state index < -0.39 is 18.3 Å². The fourth-order valence-corrected chi connectivity index (χ4v) is 4.61. The van der Waals surface area contributed by atoms with Crippen molar-refractivity contribution in [3.05, 3.63) is 108 Å². The minimum absolute atomic E-state index is 0.231. The first-order valence-electron chi connectivity index (χ1n) is 11.7. The average Bonchev–Trinajstić information content (AvgIpc) is 2.83. The molecule has 0 spiro atoms. The largest absolute Gasteiger partial charge is 0.390 e. The maximum atomic E-state index is 11.1. The van der Waals surface area contributed by atoms with E-state index in [0.717, 1.165) is 16.7 Å². The van der Waals surface area contributed by atoms with Crippen molar-refractivity contribution in [1.82, 2.24) is 0 Å². The summed E-state index contributed by atoms with van der Waals surface area (Å²) >= 11 is 0. The lowest BCUT2D eigenvalue weighted by atomic mass is 9.70. The summed E-state index contributed by atoms with van der Waals surface area (Å²) in [5, 5.41) is 11.1. The van der Waals surface area contributed by atoms with Crippen LogP contribution in [0.15, 0.2) is 91.0 Å². The Hall–Kier alpha value is -2.50.